The van der Waals surface area contributed by atoms with Crippen molar-refractivity contribution in [3.8, 4) is 0 Å². The van der Waals surface area contributed by atoms with Crippen molar-refractivity contribution in [3.63, 3.8) is 0 Å². The van der Waals surface area contributed by atoms with Gasteiger partial charge in [-0.25, -0.2) is 4.79 Å². The Morgan fingerprint density at radius 2 is 2.33 bits per heavy atom. The van der Waals surface area contributed by atoms with E-state index >= 15 is 0 Å². The van der Waals surface area contributed by atoms with E-state index in [9.17, 15) is 4.79 Å². The Morgan fingerprint density at radius 1 is 1.89 bits per heavy atom. The lowest BCUT2D eigenvalue weighted by Gasteiger charge is -2.04. The standard InChI is InChI=1S/C3H5NO4S/c5-1(6)3(2(7)9)4-8-3/h2,4,7,9H,(H,5,6)/t2?,3-/m1/s1. The first-order valence-corrected chi connectivity index (χ1v) is 2.66. The smallest absolute Gasteiger partial charge is 0.359 e. The average molecular weight is 151 g/mol. The second-order valence-corrected chi connectivity index (χ2v) is 2.11. The molecular weight excluding hydrogens is 146 g/mol. The molecule has 0 aromatic heterocycles. The summed E-state index contributed by atoms with van der Waals surface area (Å²) in [7, 11) is 0. The lowest BCUT2D eigenvalue weighted by Crippen LogP contribution is -2.37. The number of hydrogen-bond donors (Lipinski definition) is 4. The number of rotatable bonds is 2. The molecule has 1 aliphatic rings. The molecule has 0 aliphatic carbocycles. The fourth-order valence-electron chi connectivity index (χ4n) is 0.358. The van der Waals surface area contributed by atoms with Gasteiger partial charge in [0.1, 0.15) is 0 Å². The molecule has 1 rings (SSSR count). The summed E-state index contributed by atoms with van der Waals surface area (Å²) in [5.41, 5.74) is -0.981. The number of aliphatic carboxylic acids is 1. The molecule has 0 saturated carbocycles. The number of carboxylic acid groups (broad SMARTS) is 1. The van der Waals surface area contributed by atoms with Gasteiger partial charge in [-0.05, 0) is 0 Å². The highest BCUT2D eigenvalue weighted by molar-refractivity contribution is 7.80. The molecule has 2 atom stereocenters. The first-order chi connectivity index (χ1) is 4.09. The molecular formula is C3H5NO4S. The number of thiol groups is 1. The van der Waals surface area contributed by atoms with Gasteiger partial charge in [0.15, 0.2) is 5.44 Å². The molecule has 0 aromatic carbocycles. The van der Waals surface area contributed by atoms with Gasteiger partial charge in [0, 0.05) is 0 Å². The van der Waals surface area contributed by atoms with E-state index in [1.165, 1.54) is 0 Å². The monoisotopic (exact) mass is 151 g/mol. The summed E-state index contributed by atoms with van der Waals surface area (Å²) in [6, 6.07) is 0. The molecule has 0 amide bonds. The first kappa shape index (κ1) is 6.81. The zero-order valence-corrected chi connectivity index (χ0v) is 5.13. The topological polar surface area (TPSA) is 92.0 Å². The maximum atomic E-state index is 10.1. The van der Waals surface area contributed by atoms with Crippen molar-refractivity contribution < 1.29 is 19.8 Å². The van der Waals surface area contributed by atoms with Gasteiger partial charge < -0.3 is 10.2 Å². The molecule has 1 heterocycles. The highest BCUT2D eigenvalue weighted by Gasteiger charge is 2.58. The third kappa shape index (κ3) is 0.897. The lowest BCUT2D eigenvalue weighted by molar-refractivity contribution is -0.145. The summed E-state index contributed by atoms with van der Waals surface area (Å²) >= 11 is 3.47. The van der Waals surface area contributed by atoms with Crippen LogP contribution in [0, 0.1) is 0 Å². The van der Waals surface area contributed by atoms with E-state index in [0.717, 1.165) is 0 Å². The highest BCUT2D eigenvalue weighted by Crippen LogP contribution is 2.25. The fourth-order valence-corrected chi connectivity index (χ4v) is 0.574. The van der Waals surface area contributed by atoms with Crippen LogP contribution >= 0.6 is 12.6 Å². The quantitative estimate of drug-likeness (QED) is 0.220. The zero-order chi connectivity index (χ0) is 7.07. The molecule has 52 valence electrons. The van der Waals surface area contributed by atoms with Crippen molar-refractivity contribution in [2.75, 3.05) is 0 Å². The van der Waals surface area contributed by atoms with Crippen LogP contribution in [0.5, 0.6) is 0 Å². The number of nitrogens with one attached hydrogen (secondary N) is 1. The van der Waals surface area contributed by atoms with Crippen molar-refractivity contribution in [3.05, 3.63) is 0 Å². The molecule has 0 bridgehead atoms. The third-order valence-electron chi connectivity index (χ3n) is 1.00. The molecule has 0 spiro atoms. The number of carbonyl (C=O) groups is 1. The predicted octanol–water partition coefficient (Wildman–Crippen LogP) is -1.45. The van der Waals surface area contributed by atoms with E-state index in [1.54, 1.807) is 0 Å². The summed E-state index contributed by atoms with van der Waals surface area (Å²) in [5.74, 6) is -1.27. The maximum absolute atomic E-state index is 10.1. The van der Waals surface area contributed by atoms with Crippen molar-refractivity contribution >= 4 is 18.6 Å². The molecule has 1 saturated heterocycles. The van der Waals surface area contributed by atoms with Crippen LogP contribution in [-0.2, 0) is 9.63 Å². The van der Waals surface area contributed by atoms with E-state index in [4.69, 9.17) is 10.2 Å². The molecule has 0 radical (unpaired) electrons. The minimum absolute atomic E-state index is 1.27. The molecule has 1 unspecified atom stereocenters. The Morgan fingerprint density at radius 3 is 2.33 bits per heavy atom. The van der Waals surface area contributed by atoms with E-state index in [0.29, 0.717) is 0 Å². The second-order valence-electron chi connectivity index (χ2n) is 1.62. The lowest BCUT2D eigenvalue weighted by atomic mass is 10.3. The molecule has 0 aromatic rings. The largest absolute Gasteiger partial charge is 0.478 e. The number of aliphatic hydroxyl groups excluding tert-OH is 1. The summed E-state index contributed by atoms with van der Waals surface area (Å²) < 4.78 is 0. The Balaban J connectivity index is 2.63. The Labute approximate surface area is 56.0 Å². The van der Waals surface area contributed by atoms with Crippen LogP contribution in [0.4, 0.5) is 0 Å². The van der Waals surface area contributed by atoms with E-state index < -0.39 is 17.1 Å². The Kier molecular flexibility index (Phi) is 1.39. The van der Waals surface area contributed by atoms with Crippen LogP contribution in [0.15, 0.2) is 0 Å². The van der Waals surface area contributed by atoms with Crippen LogP contribution in [0.2, 0.25) is 0 Å². The number of aliphatic hydroxyl groups is 1. The van der Waals surface area contributed by atoms with Crippen LogP contribution in [-0.4, -0.2) is 27.3 Å². The molecule has 5 nitrogen and oxygen atoms in total. The molecule has 6 heteroatoms. The van der Waals surface area contributed by atoms with Crippen LogP contribution < -0.4 is 5.48 Å². The van der Waals surface area contributed by atoms with Crippen molar-refractivity contribution in [2.24, 2.45) is 0 Å². The number of hydroxylamine groups is 1. The summed E-state index contributed by atoms with van der Waals surface area (Å²) in [5, 5.41) is 16.9. The summed E-state index contributed by atoms with van der Waals surface area (Å²) in [4.78, 5) is 14.4. The summed E-state index contributed by atoms with van der Waals surface area (Å²) in [6.45, 7) is 0. The normalized spacial score (nSPS) is 35.8. The molecule has 1 aliphatic heterocycles. The number of hydrogen-bond acceptors (Lipinski definition) is 5. The molecule has 3 N–H and O–H groups in total. The van der Waals surface area contributed by atoms with Gasteiger partial charge in [0.25, 0.3) is 5.72 Å². The van der Waals surface area contributed by atoms with Gasteiger partial charge in [-0.15, -0.1) is 12.6 Å². The maximum Gasteiger partial charge on any atom is 0.359 e. The van der Waals surface area contributed by atoms with Crippen LogP contribution in [0.3, 0.4) is 0 Å². The SMILES string of the molecule is O=C(O)[C@@]1(C(O)S)NO1. The van der Waals surface area contributed by atoms with Gasteiger partial charge in [-0.2, -0.15) is 5.48 Å². The van der Waals surface area contributed by atoms with Crippen molar-refractivity contribution in [1.29, 1.82) is 0 Å². The van der Waals surface area contributed by atoms with Gasteiger partial charge in [0.2, 0.25) is 0 Å². The van der Waals surface area contributed by atoms with Gasteiger partial charge >= 0.3 is 5.97 Å². The van der Waals surface area contributed by atoms with Gasteiger partial charge in [0.05, 0.1) is 0 Å². The fraction of sp³-hybridized carbons (Fsp3) is 0.667. The van der Waals surface area contributed by atoms with Crippen molar-refractivity contribution in [1.82, 2.24) is 5.48 Å². The van der Waals surface area contributed by atoms with Crippen molar-refractivity contribution in [2.45, 2.75) is 11.2 Å². The molecule has 1 fully saturated rings. The second kappa shape index (κ2) is 1.84. The van der Waals surface area contributed by atoms with Crippen LogP contribution in [0.1, 0.15) is 0 Å². The molecule has 9 heavy (non-hydrogen) atoms. The van der Waals surface area contributed by atoms with Gasteiger partial charge in [-0.3, -0.25) is 4.84 Å². The average Bonchev–Trinajstić information content (AvgIpc) is 2.40. The first-order valence-electron chi connectivity index (χ1n) is 2.14. The highest BCUT2D eigenvalue weighted by atomic mass is 32.1. The minimum Gasteiger partial charge on any atom is -0.478 e. The van der Waals surface area contributed by atoms with E-state index in [2.05, 4.69) is 17.5 Å². The van der Waals surface area contributed by atoms with E-state index in [1.807, 2.05) is 5.48 Å². The van der Waals surface area contributed by atoms with Crippen LogP contribution in [0.25, 0.3) is 0 Å². The number of carboxylic acids is 1. The zero-order valence-electron chi connectivity index (χ0n) is 4.24. The van der Waals surface area contributed by atoms with E-state index in [-0.39, 0.29) is 0 Å². The Bertz CT molecular complexity index is 143. The predicted molar refractivity (Wildman–Crippen MR) is 29.6 cm³/mol. The van der Waals surface area contributed by atoms with Gasteiger partial charge in [-0.1, -0.05) is 0 Å². The third-order valence-corrected chi connectivity index (χ3v) is 1.37. The Hall–Kier alpha value is -0.300. The minimum atomic E-state index is -1.66. The summed E-state index contributed by atoms with van der Waals surface area (Å²) in [6.07, 6.45) is 0.